The van der Waals surface area contributed by atoms with Gasteiger partial charge in [0.15, 0.2) is 0 Å². The number of hydrogen-bond donors (Lipinski definition) is 3. The molecule has 0 radical (unpaired) electrons. The predicted octanol–water partition coefficient (Wildman–Crippen LogP) is 0.724. The van der Waals surface area contributed by atoms with Crippen LogP contribution in [0.4, 0.5) is 4.79 Å². The van der Waals surface area contributed by atoms with Crippen LogP contribution in [0.5, 0.6) is 0 Å². The van der Waals surface area contributed by atoms with Crippen LogP contribution in [0.2, 0.25) is 0 Å². The Bertz CT molecular complexity index is 231. The van der Waals surface area contributed by atoms with Crippen molar-refractivity contribution < 1.29 is 9.53 Å². The van der Waals surface area contributed by atoms with E-state index in [1.165, 1.54) is 0 Å². The molecule has 0 aromatic heterocycles. The predicted molar refractivity (Wildman–Crippen MR) is 53.5 cm³/mol. The van der Waals surface area contributed by atoms with Crippen LogP contribution < -0.4 is 16.2 Å². The number of alkyl carbamates (subject to hydrolysis) is 1. The van der Waals surface area contributed by atoms with E-state index in [1.54, 1.807) is 0 Å². The molecule has 0 saturated carbocycles. The highest BCUT2D eigenvalue weighted by Crippen LogP contribution is 2.14. The maximum absolute atomic E-state index is 11.4. The summed E-state index contributed by atoms with van der Waals surface area (Å²) in [5.41, 5.74) is 5.27. The third kappa shape index (κ3) is 3.16. The number of ether oxygens (including phenoxy) is 1. The molecule has 1 saturated heterocycles. The highest BCUT2D eigenvalue weighted by Gasteiger charge is 2.43. The van der Waals surface area contributed by atoms with E-state index in [0.717, 1.165) is 0 Å². The first-order valence-electron chi connectivity index (χ1n) is 4.77. The number of hydrogen-bond acceptors (Lipinski definition) is 4. The lowest BCUT2D eigenvalue weighted by molar-refractivity contribution is 0.0498. The van der Waals surface area contributed by atoms with Gasteiger partial charge in [-0.05, 0) is 34.6 Å². The fourth-order valence-corrected chi connectivity index (χ4v) is 0.944. The van der Waals surface area contributed by atoms with Gasteiger partial charge in [-0.25, -0.2) is 15.6 Å². The monoisotopic (exact) mass is 201 g/mol. The maximum atomic E-state index is 11.4. The second kappa shape index (κ2) is 3.40. The Morgan fingerprint density at radius 1 is 1.43 bits per heavy atom. The third-order valence-electron chi connectivity index (χ3n) is 2.12. The molecule has 0 aromatic rings. The van der Waals surface area contributed by atoms with Gasteiger partial charge in [0.25, 0.3) is 0 Å². The van der Waals surface area contributed by atoms with Crippen LogP contribution in [0.15, 0.2) is 0 Å². The lowest BCUT2D eigenvalue weighted by Crippen LogP contribution is -2.46. The van der Waals surface area contributed by atoms with Crippen molar-refractivity contribution in [2.75, 3.05) is 0 Å². The van der Waals surface area contributed by atoms with Crippen LogP contribution >= 0.6 is 0 Å². The summed E-state index contributed by atoms with van der Waals surface area (Å²) in [7, 11) is 0. The van der Waals surface area contributed by atoms with Crippen LogP contribution in [-0.4, -0.2) is 23.4 Å². The summed E-state index contributed by atoms with van der Waals surface area (Å²) in [6.45, 7) is 9.40. The largest absolute Gasteiger partial charge is 0.444 e. The van der Waals surface area contributed by atoms with E-state index in [9.17, 15) is 4.79 Å². The first kappa shape index (κ1) is 11.3. The second-order valence-corrected chi connectivity index (χ2v) is 4.82. The smallest absolute Gasteiger partial charge is 0.407 e. The third-order valence-corrected chi connectivity index (χ3v) is 2.12. The summed E-state index contributed by atoms with van der Waals surface area (Å²) in [6.07, 6.45) is -0.387. The first-order valence-corrected chi connectivity index (χ1v) is 4.77. The van der Waals surface area contributed by atoms with Crippen molar-refractivity contribution in [3.8, 4) is 0 Å². The average molecular weight is 201 g/mol. The summed E-state index contributed by atoms with van der Waals surface area (Å²) < 4.78 is 5.13. The molecule has 1 aliphatic heterocycles. The van der Waals surface area contributed by atoms with Crippen LogP contribution in [0.1, 0.15) is 34.6 Å². The summed E-state index contributed by atoms with van der Waals surface area (Å²) >= 11 is 0. The number of nitrogens with one attached hydrogen (secondary N) is 3. The molecule has 1 amide bonds. The van der Waals surface area contributed by atoms with Crippen molar-refractivity contribution in [1.82, 2.24) is 16.2 Å². The average Bonchev–Trinajstić information content (AvgIpc) is 2.64. The topological polar surface area (TPSA) is 82.2 Å². The van der Waals surface area contributed by atoms with Gasteiger partial charge in [-0.2, -0.15) is 0 Å². The number of amides is 1. The molecule has 0 aromatic carbocycles. The number of carbonyl (C=O) groups excluding carboxylic acids is 1. The Morgan fingerprint density at radius 3 is 2.29 bits per heavy atom. The Kier molecular flexibility index (Phi) is 2.74. The van der Waals surface area contributed by atoms with E-state index >= 15 is 0 Å². The van der Waals surface area contributed by atoms with Gasteiger partial charge in [-0.15, -0.1) is 0 Å². The highest BCUT2D eigenvalue weighted by atomic mass is 16.6. The summed E-state index contributed by atoms with van der Waals surface area (Å²) in [4.78, 5) is 11.4. The fraction of sp³-hybridized carbons (Fsp3) is 0.889. The minimum absolute atomic E-state index is 0.0163. The van der Waals surface area contributed by atoms with Gasteiger partial charge in [-0.3, -0.25) is 0 Å². The van der Waals surface area contributed by atoms with E-state index in [-0.39, 0.29) is 17.8 Å². The summed E-state index contributed by atoms with van der Waals surface area (Å²) in [5.74, 6) is 0. The zero-order valence-corrected chi connectivity index (χ0v) is 9.39. The Labute approximate surface area is 84.5 Å². The fourth-order valence-electron chi connectivity index (χ4n) is 0.944. The number of hydrazine groups is 1. The molecule has 5 heteroatoms. The quantitative estimate of drug-likeness (QED) is 0.575. The highest BCUT2D eigenvalue weighted by molar-refractivity contribution is 5.68. The van der Waals surface area contributed by atoms with E-state index in [2.05, 4.69) is 16.2 Å². The molecule has 14 heavy (non-hydrogen) atoms. The molecule has 1 rings (SSSR count). The Balaban J connectivity index is 2.34. The molecule has 0 aliphatic carbocycles. The molecule has 1 aliphatic rings. The number of carbonyl (C=O) groups is 1. The van der Waals surface area contributed by atoms with Crippen LogP contribution in [-0.2, 0) is 4.74 Å². The molecule has 0 bridgehead atoms. The molecule has 82 valence electrons. The van der Waals surface area contributed by atoms with Gasteiger partial charge in [0.1, 0.15) is 11.3 Å². The maximum Gasteiger partial charge on any atom is 0.407 e. The van der Waals surface area contributed by atoms with E-state index in [0.29, 0.717) is 0 Å². The lowest BCUT2D eigenvalue weighted by Gasteiger charge is -2.23. The molecular weight excluding hydrogens is 182 g/mol. The molecule has 0 unspecified atom stereocenters. The van der Waals surface area contributed by atoms with Crippen molar-refractivity contribution in [2.45, 2.75) is 51.9 Å². The zero-order valence-electron chi connectivity index (χ0n) is 9.39. The summed E-state index contributed by atoms with van der Waals surface area (Å²) in [6, 6.07) is -0.0163. The molecule has 1 atom stereocenters. The normalized spacial score (nSPS) is 21.2. The first-order chi connectivity index (χ1) is 6.23. The molecular formula is C9H19N3O2. The van der Waals surface area contributed by atoms with Crippen LogP contribution in [0, 0.1) is 0 Å². The zero-order chi connectivity index (χ0) is 11.0. The molecule has 3 N–H and O–H groups in total. The second-order valence-electron chi connectivity index (χ2n) is 4.82. The Hall–Kier alpha value is -0.810. The molecule has 0 spiro atoms. The van der Waals surface area contributed by atoms with Gasteiger partial charge < -0.3 is 10.1 Å². The van der Waals surface area contributed by atoms with Crippen molar-refractivity contribution >= 4 is 6.09 Å². The molecule has 1 fully saturated rings. The van der Waals surface area contributed by atoms with Gasteiger partial charge >= 0.3 is 6.09 Å². The standard InChI is InChI=1S/C9H19N3O2/c1-6(9(5)11-12-9)10-7(13)14-8(2,3)4/h6,11-12H,1-5H3,(H,10,13)/t6-/m0/s1. The van der Waals surface area contributed by atoms with Gasteiger partial charge in [0.05, 0.1) is 6.04 Å². The van der Waals surface area contributed by atoms with Crippen molar-refractivity contribution in [3.05, 3.63) is 0 Å². The van der Waals surface area contributed by atoms with E-state index in [1.807, 2.05) is 34.6 Å². The number of rotatable bonds is 2. The molecule has 5 nitrogen and oxygen atoms in total. The SMILES string of the molecule is C[C@H](NC(=O)OC(C)(C)C)C1(C)NN1. The van der Waals surface area contributed by atoms with Gasteiger partial charge in [0, 0.05) is 0 Å². The van der Waals surface area contributed by atoms with Gasteiger partial charge in [0.2, 0.25) is 0 Å². The Morgan fingerprint density at radius 2 is 1.93 bits per heavy atom. The van der Waals surface area contributed by atoms with Crippen molar-refractivity contribution in [3.63, 3.8) is 0 Å². The van der Waals surface area contributed by atoms with Crippen LogP contribution in [0.3, 0.4) is 0 Å². The minimum atomic E-state index is -0.449. The molecule has 1 heterocycles. The lowest BCUT2D eigenvalue weighted by atomic mass is 10.1. The van der Waals surface area contributed by atoms with E-state index < -0.39 is 5.60 Å². The minimum Gasteiger partial charge on any atom is -0.444 e. The van der Waals surface area contributed by atoms with E-state index in [4.69, 9.17) is 4.74 Å². The van der Waals surface area contributed by atoms with Gasteiger partial charge in [-0.1, -0.05) is 0 Å². The van der Waals surface area contributed by atoms with Crippen molar-refractivity contribution in [1.29, 1.82) is 0 Å². The summed E-state index contributed by atoms with van der Waals surface area (Å²) in [5, 5.41) is 2.75. The van der Waals surface area contributed by atoms with Crippen molar-refractivity contribution in [2.24, 2.45) is 0 Å². The van der Waals surface area contributed by atoms with Crippen LogP contribution in [0.25, 0.3) is 0 Å².